The van der Waals surface area contributed by atoms with Crippen LogP contribution in [0.1, 0.15) is 78.1 Å². The predicted octanol–water partition coefficient (Wildman–Crippen LogP) is 4.90. The third kappa shape index (κ3) is 6.87. The third-order valence-electron chi connectivity index (χ3n) is 4.68. The van der Waals surface area contributed by atoms with Crippen LogP contribution in [0, 0.1) is 0 Å². The van der Waals surface area contributed by atoms with Crippen LogP contribution in [0.3, 0.4) is 0 Å². The van der Waals surface area contributed by atoms with Crippen LogP contribution in [0.15, 0.2) is 0 Å². The molecule has 0 spiro atoms. The lowest BCUT2D eigenvalue weighted by molar-refractivity contribution is -0.150. The van der Waals surface area contributed by atoms with Crippen molar-refractivity contribution in [2.24, 2.45) is 0 Å². The van der Waals surface area contributed by atoms with Crippen LogP contribution >= 0.6 is 21.6 Å². The zero-order valence-corrected chi connectivity index (χ0v) is 16.5. The Bertz CT molecular complexity index is 366. The molecule has 0 radical (unpaired) electrons. The Morgan fingerprint density at radius 3 is 1.38 bits per heavy atom. The van der Waals surface area contributed by atoms with Gasteiger partial charge in [-0.25, -0.2) is 0 Å². The SMILES string of the molecule is CC(SSC(C)C(=O)OC1CCCCC1)C(=O)OC1CCCCC1. The number of rotatable bonds is 7. The molecule has 2 fully saturated rings. The van der Waals surface area contributed by atoms with Gasteiger partial charge in [0.15, 0.2) is 0 Å². The third-order valence-corrected chi connectivity index (χ3v) is 7.82. The second-order valence-electron chi connectivity index (χ2n) is 6.87. The van der Waals surface area contributed by atoms with Gasteiger partial charge in [0.2, 0.25) is 0 Å². The van der Waals surface area contributed by atoms with Gasteiger partial charge in [0.05, 0.1) is 0 Å². The zero-order chi connectivity index (χ0) is 17.4. The van der Waals surface area contributed by atoms with Gasteiger partial charge in [-0.2, -0.15) is 0 Å². The first kappa shape index (κ1) is 20.0. The summed E-state index contributed by atoms with van der Waals surface area (Å²) in [6.45, 7) is 3.70. The molecule has 2 unspecified atom stereocenters. The number of hydrogen-bond donors (Lipinski definition) is 0. The molecule has 2 aliphatic carbocycles. The van der Waals surface area contributed by atoms with Gasteiger partial charge in [-0.1, -0.05) is 34.4 Å². The Morgan fingerprint density at radius 2 is 1.04 bits per heavy atom. The molecule has 0 saturated heterocycles. The molecule has 0 aromatic carbocycles. The van der Waals surface area contributed by atoms with E-state index in [1.54, 1.807) is 0 Å². The van der Waals surface area contributed by atoms with Crippen LogP contribution in [-0.4, -0.2) is 34.6 Å². The highest BCUT2D eigenvalue weighted by Gasteiger charge is 2.26. The van der Waals surface area contributed by atoms with Gasteiger partial charge in [-0.05, 0) is 65.2 Å². The molecule has 0 heterocycles. The Labute approximate surface area is 153 Å². The lowest BCUT2D eigenvalue weighted by Crippen LogP contribution is -2.27. The minimum atomic E-state index is -0.262. The number of carbonyl (C=O) groups excluding carboxylic acids is 2. The molecule has 0 N–H and O–H groups in total. The second kappa shape index (κ2) is 10.6. The number of hydrogen-bond acceptors (Lipinski definition) is 6. The highest BCUT2D eigenvalue weighted by Crippen LogP contribution is 2.33. The van der Waals surface area contributed by atoms with Gasteiger partial charge in [-0.3, -0.25) is 9.59 Å². The molecule has 0 amide bonds. The summed E-state index contributed by atoms with van der Waals surface area (Å²) in [7, 11) is 2.83. The number of ether oxygens (including phenoxy) is 2. The Balaban J connectivity index is 1.64. The summed E-state index contributed by atoms with van der Waals surface area (Å²) < 4.78 is 11.2. The van der Waals surface area contributed by atoms with E-state index in [2.05, 4.69) is 0 Å². The molecule has 0 bridgehead atoms. The Kier molecular flexibility index (Phi) is 8.81. The van der Waals surface area contributed by atoms with E-state index in [0.29, 0.717) is 0 Å². The normalized spacial score (nSPS) is 22.6. The van der Waals surface area contributed by atoms with Gasteiger partial charge in [-0.15, -0.1) is 0 Å². The second-order valence-corrected chi connectivity index (χ2v) is 9.82. The molecule has 2 rings (SSSR count). The van der Waals surface area contributed by atoms with Gasteiger partial charge < -0.3 is 9.47 Å². The smallest absolute Gasteiger partial charge is 0.319 e. The fraction of sp³-hybridized carbons (Fsp3) is 0.889. The summed E-state index contributed by atoms with van der Waals surface area (Å²) >= 11 is 0. The van der Waals surface area contributed by atoms with Crippen LogP contribution in [0.5, 0.6) is 0 Å². The average Bonchev–Trinajstić information content (AvgIpc) is 2.61. The summed E-state index contributed by atoms with van der Waals surface area (Å²) in [6, 6.07) is 0. The van der Waals surface area contributed by atoms with Crippen LogP contribution in [-0.2, 0) is 19.1 Å². The van der Waals surface area contributed by atoms with E-state index in [1.807, 2.05) is 13.8 Å². The van der Waals surface area contributed by atoms with Crippen molar-refractivity contribution in [3.63, 3.8) is 0 Å². The maximum atomic E-state index is 12.1. The first-order valence-electron chi connectivity index (χ1n) is 9.29. The topological polar surface area (TPSA) is 52.6 Å². The highest BCUT2D eigenvalue weighted by atomic mass is 33.1. The molecule has 0 aromatic rings. The summed E-state index contributed by atoms with van der Waals surface area (Å²) in [5.74, 6) is -0.320. The molecule has 2 aliphatic rings. The van der Waals surface area contributed by atoms with Crippen molar-refractivity contribution in [3.05, 3.63) is 0 Å². The zero-order valence-electron chi connectivity index (χ0n) is 14.8. The Hall–Kier alpha value is -0.360. The maximum Gasteiger partial charge on any atom is 0.319 e. The maximum absolute atomic E-state index is 12.1. The molecule has 2 atom stereocenters. The largest absolute Gasteiger partial charge is 0.462 e. The van der Waals surface area contributed by atoms with Crippen LogP contribution < -0.4 is 0 Å². The van der Waals surface area contributed by atoms with Gasteiger partial charge in [0.1, 0.15) is 22.7 Å². The lowest BCUT2D eigenvalue weighted by atomic mass is 9.98. The van der Waals surface area contributed by atoms with Crippen molar-refractivity contribution >= 4 is 33.5 Å². The summed E-state index contributed by atoms with van der Waals surface area (Å²) in [4.78, 5) is 24.3. The summed E-state index contributed by atoms with van der Waals surface area (Å²) in [5, 5.41) is -0.524. The predicted molar refractivity (Wildman–Crippen MR) is 100 cm³/mol. The van der Waals surface area contributed by atoms with Crippen molar-refractivity contribution < 1.29 is 19.1 Å². The number of esters is 2. The highest BCUT2D eigenvalue weighted by molar-refractivity contribution is 8.77. The van der Waals surface area contributed by atoms with Crippen molar-refractivity contribution in [1.29, 1.82) is 0 Å². The molecular weight excluding hydrogens is 344 g/mol. The van der Waals surface area contributed by atoms with Gasteiger partial charge >= 0.3 is 11.9 Å². The summed E-state index contributed by atoms with van der Waals surface area (Å²) in [6.07, 6.45) is 11.2. The fourth-order valence-corrected chi connectivity index (χ4v) is 5.20. The van der Waals surface area contributed by atoms with E-state index in [9.17, 15) is 9.59 Å². The van der Waals surface area contributed by atoms with Crippen LogP contribution in [0.2, 0.25) is 0 Å². The van der Waals surface area contributed by atoms with E-state index < -0.39 is 0 Å². The van der Waals surface area contributed by atoms with Crippen LogP contribution in [0.25, 0.3) is 0 Å². The van der Waals surface area contributed by atoms with E-state index in [1.165, 1.54) is 34.4 Å². The minimum Gasteiger partial charge on any atom is -0.462 e. The van der Waals surface area contributed by atoms with Crippen molar-refractivity contribution in [3.8, 4) is 0 Å². The van der Waals surface area contributed by atoms with Gasteiger partial charge in [0.25, 0.3) is 0 Å². The molecule has 2 saturated carbocycles. The molecule has 4 nitrogen and oxygen atoms in total. The molecule has 24 heavy (non-hydrogen) atoms. The van der Waals surface area contributed by atoms with E-state index in [-0.39, 0.29) is 34.6 Å². The Morgan fingerprint density at radius 1 is 0.708 bits per heavy atom. The quantitative estimate of drug-likeness (QED) is 0.467. The molecule has 0 aromatic heterocycles. The van der Waals surface area contributed by atoms with Crippen LogP contribution in [0.4, 0.5) is 0 Å². The van der Waals surface area contributed by atoms with E-state index in [0.717, 1.165) is 51.4 Å². The number of carbonyl (C=O) groups is 2. The minimum absolute atomic E-state index is 0.0907. The van der Waals surface area contributed by atoms with Crippen molar-refractivity contribution in [1.82, 2.24) is 0 Å². The molecular formula is C18H30O4S2. The molecule has 6 heteroatoms. The monoisotopic (exact) mass is 374 g/mol. The van der Waals surface area contributed by atoms with Gasteiger partial charge in [0, 0.05) is 0 Å². The van der Waals surface area contributed by atoms with Crippen molar-refractivity contribution in [2.75, 3.05) is 0 Å². The fourth-order valence-electron chi connectivity index (χ4n) is 3.13. The molecule has 138 valence electrons. The first-order chi connectivity index (χ1) is 11.6. The first-order valence-corrected chi connectivity index (χ1v) is 11.6. The van der Waals surface area contributed by atoms with E-state index >= 15 is 0 Å². The van der Waals surface area contributed by atoms with Crippen molar-refractivity contribution in [2.45, 2.75) is 101 Å². The van der Waals surface area contributed by atoms with E-state index in [4.69, 9.17) is 9.47 Å². The summed E-state index contributed by atoms with van der Waals surface area (Å²) in [5.41, 5.74) is 0. The molecule has 0 aliphatic heterocycles. The average molecular weight is 375 g/mol. The standard InChI is InChI=1S/C18H30O4S2/c1-13(17(19)21-15-9-5-3-6-10-15)23-24-14(2)18(20)22-16-11-7-4-8-12-16/h13-16H,3-12H2,1-2H3. The lowest BCUT2D eigenvalue weighted by Gasteiger charge is -2.24.